The van der Waals surface area contributed by atoms with Crippen molar-refractivity contribution in [2.24, 2.45) is 0 Å². The Morgan fingerprint density at radius 3 is 2.53 bits per heavy atom. The Kier molecular flexibility index (Phi) is 3.97. The first-order valence-corrected chi connectivity index (χ1v) is 6.08. The molecule has 1 heterocycles. The molecule has 0 unspecified atom stereocenters. The first-order valence-electron chi connectivity index (χ1n) is 6.08. The molecule has 0 bridgehead atoms. The number of piperidine rings is 1. The summed E-state index contributed by atoms with van der Waals surface area (Å²) in [6.07, 6.45) is 5.34. The average Bonchev–Trinajstić information content (AvgIpc) is 3.03. The van der Waals surface area contributed by atoms with E-state index in [-0.39, 0.29) is 5.91 Å². The standard InChI is InChI=1S/C11H21N3O/c15-11(14-10-1-2-10)5-8-13-9-3-6-12-7-4-9/h9-10,12-13H,1-8H2,(H,14,15). The molecular formula is C11H21N3O. The molecule has 2 rings (SSSR count). The van der Waals surface area contributed by atoms with E-state index in [0.717, 1.165) is 19.6 Å². The summed E-state index contributed by atoms with van der Waals surface area (Å²) in [7, 11) is 0. The molecule has 2 fully saturated rings. The second-order valence-corrected chi connectivity index (χ2v) is 4.57. The molecule has 1 saturated heterocycles. The van der Waals surface area contributed by atoms with Crippen molar-refractivity contribution in [1.82, 2.24) is 16.0 Å². The Morgan fingerprint density at radius 1 is 1.13 bits per heavy atom. The first-order chi connectivity index (χ1) is 7.34. The normalized spacial score (nSPS) is 22.7. The summed E-state index contributed by atoms with van der Waals surface area (Å²) >= 11 is 0. The summed E-state index contributed by atoms with van der Waals surface area (Å²) in [4.78, 5) is 11.4. The second kappa shape index (κ2) is 5.47. The van der Waals surface area contributed by atoms with Gasteiger partial charge in [0, 0.05) is 25.0 Å². The predicted octanol–water partition coefficient (Wildman–Crippen LogP) is -0.00330. The van der Waals surface area contributed by atoms with Crippen LogP contribution in [0, 0.1) is 0 Å². The number of hydrogen-bond acceptors (Lipinski definition) is 3. The highest BCUT2D eigenvalue weighted by atomic mass is 16.1. The Hall–Kier alpha value is -0.610. The Bertz CT molecular complexity index is 210. The molecule has 0 aromatic heterocycles. The molecule has 0 aromatic carbocycles. The van der Waals surface area contributed by atoms with Gasteiger partial charge in [-0.25, -0.2) is 0 Å². The maximum atomic E-state index is 11.4. The fourth-order valence-electron chi connectivity index (χ4n) is 1.94. The fourth-order valence-corrected chi connectivity index (χ4v) is 1.94. The van der Waals surface area contributed by atoms with E-state index >= 15 is 0 Å². The highest BCUT2D eigenvalue weighted by molar-refractivity contribution is 5.76. The van der Waals surface area contributed by atoms with E-state index < -0.39 is 0 Å². The Balaban J connectivity index is 1.51. The van der Waals surface area contributed by atoms with Crippen LogP contribution >= 0.6 is 0 Å². The van der Waals surface area contributed by atoms with Crippen molar-refractivity contribution in [2.75, 3.05) is 19.6 Å². The van der Waals surface area contributed by atoms with Crippen molar-refractivity contribution in [3.8, 4) is 0 Å². The summed E-state index contributed by atoms with van der Waals surface area (Å²) in [6.45, 7) is 3.03. The molecule has 0 atom stereocenters. The molecule has 0 spiro atoms. The van der Waals surface area contributed by atoms with Crippen LogP contribution in [0.3, 0.4) is 0 Å². The minimum atomic E-state index is 0.207. The van der Waals surface area contributed by atoms with Gasteiger partial charge in [-0.3, -0.25) is 4.79 Å². The summed E-state index contributed by atoms with van der Waals surface area (Å²) < 4.78 is 0. The van der Waals surface area contributed by atoms with Crippen LogP contribution in [0.5, 0.6) is 0 Å². The van der Waals surface area contributed by atoms with Gasteiger partial charge in [0.25, 0.3) is 0 Å². The molecule has 1 amide bonds. The van der Waals surface area contributed by atoms with Gasteiger partial charge in [-0.2, -0.15) is 0 Å². The quantitative estimate of drug-likeness (QED) is 0.600. The van der Waals surface area contributed by atoms with Gasteiger partial charge in [-0.15, -0.1) is 0 Å². The number of carbonyl (C=O) groups excluding carboxylic acids is 1. The molecule has 0 aromatic rings. The van der Waals surface area contributed by atoms with Gasteiger partial charge < -0.3 is 16.0 Å². The number of hydrogen-bond donors (Lipinski definition) is 3. The monoisotopic (exact) mass is 211 g/mol. The average molecular weight is 211 g/mol. The lowest BCUT2D eigenvalue weighted by Crippen LogP contribution is -2.41. The van der Waals surface area contributed by atoms with E-state index in [2.05, 4.69) is 16.0 Å². The second-order valence-electron chi connectivity index (χ2n) is 4.57. The lowest BCUT2D eigenvalue weighted by molar-refractivity contribution is -0.121. The van der Waals surface area contributed by atoms with Crippen LogP contribution in [0.2, 0.25) is 0 Å². The minimum absolute atomic E-state index is 0.207. The van der Waals surface area contributed by atoms with Crippen molar-refractivity contribution in [1.29, 1.82) is 0 Å². The van der Waals surface area contributed by atoms with Gasteiger partial charge >= 0.3 is 0 Å². The fraction of sp³-hybridized carbons (Fsp3) is 0.909. The summed E-state index contributed by atoms with van der Waals surface area (Å²) in [5.41, 5.74) is 0. The van der Waals surface area contributed by atoms with Crippen LogP contribution in [0.1, 0.15) is 32.1 Å². The highest BCUT2D eigenvalue weighted by Gasteiger charge is 2.22. The van der Waals surface area contributed by atoms with Gasteiger partial charge in [-0.05, 0) is 38.8 Å². The van der Waals surface area contributed by atoms with Crippen molar-refractivity contribution in [3.63, 3.8) is 0 Å². The molecule has 4 nitrogen and oxygen atoms in total. The largest absolute Gasteiger partial charge is 0.353 e. The van der Waals surface area contributed by atoms with Crippen molar-refractivity contribution in [3.05, 3.63) is 0 Å². The summed E-state index contributed by atoms with van der Waals surface area (Å²) in [5.74, 6) is 0.207. The number of carbonyl (C=O) groups is 1. The summed E-state index contributed by atoms with van der Waals surface area (Å²) in [6, 6.07) is 1.11. The van der Waals surface area contributed by atoms with Crippen LogP contribution < -0.4 is 16.0 Å². The van der Waals surface area contributed by atoms with Crippen LogP contribution in [0.15, 0.2) is 0 Å². The third-order valence-electron chi connectivity index (χ3n) is 3.07. The number of amides is 1. The van der Waals surface area contributed by atoms with E-state index in [1.807, 2.05) is 0 Å². The van der Waals surface area contributed by atoms with Crippen molar-refractivity contribution < 1.29 is 4.79 Å². The number of rotatable bonds is 5. The van der Waals surface area contributed by atoms with Crippen molar-refractivity contribution >= 4 is 5.91 Å². The van der Waals surface area contributed by atoms with Crippen LogP contribution in [0.4, 0.5) is 0 Å². The Labute approximate surface area is 91.2 Å². The van der Waals surface area contributed by atoms with Gasteiger partial charge in [0.2, 0.25) is 5.91 Å². The molecule has 1 aliphatic heterocycles. The topological polar surface area (TPSA) is 53.2 Å². The molecule has 86 valence electrons. The molecular weight excluding hydrogens is 190 g/mol. The summed E-state index contributed by atoms with van der Waals surface area (Å²) in [5, 5.41) is 9.77. The molecule has 4 heteroatoms. The van der Waals surface area contributed by atoms with Gasteiger partial charge in [-0.1, -0.05) is 0 Å². The zero-order chi connectivity index (χ0) is 10.5. The van der Waals surface area contributed by atoms with Crippen LogP contribution in [-0.2, 0) is 4.79 Å². The van der Waals surface area contributed by atoms with Crippen LogP contribution in [0.25, 0.3) is 0 Å². The van der Waals surface area contributed by atoms with Gasteiger partial charge in [0.05, 0.1) is 0 Å². The van der Waals surface area contributed by atoms with E-state index in [0.29, 0.717) is 18.5 Å². The zero-order valence-corrected chi connectivity index (χ0v) is 9.22. The molecule has 1 saturated carbocycles. The lowest BCUT2D eigenvalue weighted by Gasteiger charge is -2.23. The predicted molar refractivity (Wildman–Crippen MR) is 59.7 cm³/mol. The molecule has 2 aliphatic rings. The smallest absolute Gasteiger partial charge is 0.221 e. The van der Waals surface area contributed by atoms with E-state index in [9.17, 15) is 4.79 Å². The minimum Gasteiger partial charge on any atom is -0.353 e. The zero-order valence-electron chi connectivity index (χ0n) is 9.22. The van der Waals surface area contributed by atoms with E-state index in [1.165, 1.54) is 25.7 Å². The third kappa shape index (κ3) is 4.18. The Morgan fingerprint density at radius 2 is 1.87 bits per heavy atom. The van der Waals surface area contributed by atoms with Gasteiger partial charge in [0.15, 0.2) is 0 Å². The van der Waals surface area contributed by atoms with Crippen molar-refractivity contribution in [2.45, 2.75) is 44.2 Å². The molecule has 0 radical (unpaired) electrons. The molecule has 15 heavy (non-hydrogen) atoms. The lowest BCUT2D eigenvalue weighted by atomic mass is 10.1. The molecule has 3 N–H and O–H groups in total. The maximum Gasteiger partial charge on any atom is 0.221 e. The first kappa shape index (κ1) is 10.9. The maximum absolute atomic E-state index is 11.4. The van der Waals surface area contributed by atoms with E-state index in [1.54, 1.807) is 0 Å². The van der Waals surface area contributed by atoms with E-state index in [4.69, 9.17) is 0 Å². The van der Waals surface area contributed by atoms with Gasteiger partial charge in [0.1, 0.15) is 0 Å². The number of nitrogens with one attached hydrogen (secondary N) is 3. The third-order valence-corrected chi connectivity index (χ3v) is 3.07. The highest BCUT2D eigenvalue weighted by Crippen LogP contribution is 2.18. The van der Waals surface area contributed by atoms with Crippen LogP contribution in [-0.4, -0.2) is 37.6 Å². The SMILES string of the molecule is O=C(CCNC1CCNCC1)NC1CC1. The molecule has 1 aliphatic carbocycles.